The van der Waals surface area contributed by atoms with E-state index in [1.54, 1.807) is 32.2 Å². The lowest BCUT2D eigenvalue weighted by molar-refractivity contribution is 0.0525. The van der Waals surface area contributed by atoms with Crippen LogP contribution in [0, 0.1) is 0 Å². The molecule has 128 valence electrons. The summed E-state index contributed by atoms with van der Waals surface area (Å²) in [5.74, 6) is 0.717. The summed E-state index contributed by atoms with van der Waals surface area (Å²) >= 11 is 0. The number of carbonyl (C=O) groups excluding carboxylic acids is 1. The first-order chi connectivity index (χ1) is 12.2. The molecule has 0 unspecified atom stereocenters. The molecule has 0 aromatic heterocycles. The summed E-state index contributed by atoms with van der Waals surface area (Å²) in [5, 5.41) is 2.31. The summed E-state index contributed by atoms with van der Waals surface area (Å²) in [6.07, 6.45) is 0. The molecule has 0 bridgehead atoms. The fraction of sp³-hybridized carbons (Fsp3) is 0.190. The minimum absolute atomic E-state index is 0.330. The number of ether oxygens (including phenoxy) is 3. The Balaban J connectivity index is 1.86. The first-order valence-electron chi connectivity index (χ1n) is 8.17. The molecule has 0 fully saturated rings. The number of esters is 1. The van der Waals surface area contributed by atoms with Gasteiger partial charge in [-0.15, -0.1) is 0 Å². The Morgan fingerprint density at radius 3 is 2.56 bits per heavy atom. The van der Waals surface area contributed by atoms with Crippen LogP contribution < -0.4 is 9.47 Å². The van der Waals surface area contributed by atoms with Crippen LogP contribution in [0.3, 0.4) is 0 Å². The number of fused-ring (bicyclic) bond motifs is 1. The van der Waals surface area contributed by atoms with E-state index in [2.05, 4.69) is 18.2 Å². The van der Waals surface area contributed by atoms with Crippen molar-refractivity contribution in [2.24, 2.45) is 0 Å². The standard InChI is InChI=1S/C21H20O4/c1-3-24-21(22)16-11-12-19(23-2)20(13-16)25-14-17-9-6-8-15-7-4-5-10-18(15)17/h4-13H,3,14H2,1-2H3. The van der Waals surface area contributed by atoms with Gasteiger partial charge in [-0.1, -0.05) is 42.5 Å². The van der Waals surface area contributed by atoms with E-state index in [-0.39, 0.29) is 5.97 Å². The molecule has 0 saturated heterocycles. The molecule has 4 nitrogen and oxygen atoms in total. The Labute approximate surface area is 146 Å². The van der Waals surface area contributed by atoms with Gasteiger partial charge in [0, 0.05) is 0 Å². The number of hydrogen-bond acceptors (Lipinski definition) is 4. The molecule has 25 heavy (non-hydrogen) atoms. The molecule has 0 atom stereocenters. The third-order valence-corrected chi connectivity index (χ3v) is 3.94. The van der Waals surface area contributed by atoms with Crippen molar-refractivity contribution in [1.82, 2.24) is 0 Å². The molecule has 0 amide bonds. The van der Waals surface area contributed by atoms with Crippen molar-refractivity contribution in [3.63, 3.8) is 0 Å². The molecule has 0 aliphatic carbocycles. The van der Waals surface area contributed by atoms with Gasteiger partial charge in [0.2, 0.25) is 0 Å². The molecule has 3 aromatic carbocycles. The molecule has 0 aliphatic rings. The third-order valence-electron chi connectivity index (χ3n) is 3.94. The van der Waals surface area contributed by atoms with Gasteiger partial charge in [0.05, 0.1) is 19.3 Å². The molecule has 4 heteroatoms. The van der Waals surface area contributed by atoms with Gasteiger partial charge in [-0.3, -0.25) is 0 Å². The van der Waals surface area contributed by atoms with Gasteiger partial charge in [-0.05, 0) is 41.5 Å². The normalized spacial score (nSPS) is 10.5. The van der Waals surface area contributed by atoms with Gasteiger partial charge in [0.1, 0.15) is 6.61 Å². The quantitative estimate of drug-likeness (QED) is 0.617. The van der Waals surface area contributed by atoms with Crippen LogP contribution in [0.15, 0.2) is 60.7 Å². The van der Waals surface area contributed by atoms with Crippen molar-refractivity contribution in [2.45, 2.75) is 13.5 Å². The smallest absolute Gasteiger partial charge is 0.338 e. The first-order valence-corrected chi connectivity index (χ1v) is 8.17. The van der Waals surface area contributed by atoms with Crippen LogP contribution in [0.2, 0.25) is 0 Å². The summed E-state index contributed by atoms with van der Waals surface area (Å²) in [6, 6.07) is 19.3. The van der Waals surface area contributed by atoms with Crippen molar-refractivity contribution in [1.29, 1.82) is 0 Å². The molecular weight excluding hydrogens is 316 g/mol. The molecule has 0 spiro atoms. The average molecular weight is 336 g/mol. The summed E-state index contributed by atoms with van der Waals surface area (Å²) in [7, 11) is 1.57. The van der Waals surface area contributed by atoms with Crippen molar-refractivity contribution >= 4 is 16.7 Å². The summed E-state index contributed by atoms with van der Waals surface area (Å²) in [5.41, 5.74) is 1.51. The minimum atomic E-state index is -0.375. The Bertz CT molecular complexity index is 881. The second kappa shape index (κ2) is 7.71. The lowest BCUT2D eigenvalue weighted by atomic mass is 10.1. The van der Waals surface area contributed by atoms with Crippen LogP contribution in [0.4, 0.5) is 0 Å². The van der Waals surface area contributed by atoms with Crippen LogP contribution >= 0.6 is 0 Å². The molecule has 0 saturated carbocycles. The number of rotatable bonds is 6. The van der Waals surface area contributed by atoms with E-state index < -0.39 is 0 Å². The average Bonchev–Trinajstić information content (AvgIpc) is 2.66. The minimum Gasteiger partial charge on any atom is -0.493 e. The number of methoxy groups -OCH3 is 1. The first kappa shape index (κ1) is 16.8. The Kier molecular flexibility index (Phi) is 5.19. The fourth-order valence-electron chi connectivity index (χ4n) is 2.70. The number of benzene rings is 3. The van der Waals surface area contributed by atoms with E-state index in [4.69, 9.17) is 14.2 Å². The fourth-order valence-corrected chi connectivity index (χ4v) is 2.70. The van der Waals surface area contributed by atoms with E-state index in [1.807, 2.05) is 24.3 Å². The number of hydrogen-bond donors (Lipinski definition) is 0. The highest BCUT2D eigenvalue weighted by Crippen LogP contribution is 2.30. The van der Waals surface area contributed by atoms with Crippen LogP contribution in [0.1, 0.15) is 22.8 Å². The van der Waals surface area contributed by atoms with Crippen molar-refractivity contribution in [3.05, 3.63) is 71.8 Å². The highest BCUT2D eigenvalue weighted by atomic mass is 16.5. The molecule has 0 N–H and O–H groups in total. The van der Waals surface area contributed by atoms with Gasteiger partial charge in [0.25, 0.3) is 0 Å². The van der Waals surface area contributed by atoms with Crippen molar-refractivity contribution in [3.8, 4) is 11.5 Å². The zero-order valence-corrected chi connectivity index (χ0v) is 14.3. The highest BCUT2D eigenvalue weighted by Gasteiger charge is 2.12. The van der Waals surface area contributed by atoms with Gasteiger partial charge < -0.3 is 14.2 Å². The maximum atomic E-state index is 11.9. The lowest BCUT2D eigenvalue weighted by Crippen LogP contribution is -2.06. The van der Waals surface area contributed by atoms with Crippen LogP contribution in [0.25, 0.3) is 10.8 Å². The van der Waals surface area contributed by atoms with Gasteiger partial charge >= 0.3 is 5.97 Å². The van der Waals surface area contributed by atoms with Crippen molar-refractivity contribution in [2.75, 3.05) is 13.7 Å². The topological polar surface area (TPSA) is 44.8 Å². The predicted molar refractivity (Wildman–Crippen MR) is 97.2 cm³/mol. The zero-order chi connectivity index (χ0) is 17.6. The molecule has 3 rings (SSSR count). The van der Waals surface area contributed by atoms with E-state index in [0.29, 0.717) is 30.3 Å². The van der Waals surface area contributed by atoms with E-state index in [1.165, 1.54) is 0 Å². The largest absolute Gasteiger partial charge is 0.493 e. The van der Waals surface area contributed by atoms with Gasteiger partial charge in [0.15, 0.2) is 11.5 Å². The maximum Gasteiger partial charge on any atom is 0.338 e. The number of carbonyl (C=O) groups is 1. The SMILES string of the molecule is CCOC(=O)c1ccc(OC)c(OCc2cccc3ccccc23)c1. The van der Waals surface area contributed by atoms with Crippen LogP contribution in [0.5, 0.6) is 11.5 Å². The van der Waals surface area contributed by atoms with Gasteiger partial charge in [-0.25, -0.2) is 4.79 Å². The molecule has 0 aliphatic heterocycles. The second-order valence-electron chi connectivity index (χ2n) is 5.51. The maximum absolute atomic E-state index is 11.9. The monoisotopic (exact) mass is 336 g/mol. The zero-order valence-electron chi connectivity index (χ0n) is 14.3. The van der Waals surface area contributed by atoms with Crippen LogP contribution in [-0.4, -0.2) is 19.7 Å². The Hall–Kier alpha value is -3.01. The molecule has 0 heterocycles. The summed E-state index contributed by atoms with van der Waals surface area (Å²) in [4.78, 5) is 11.9. The third kappa shape index (κ3) is 3.74. The molecule has 3 aromatic rings. The lowest BCUT2D eigenvalue weighted by Gasteiger charge is -2.13. The van der Waals surface area contributed by atoms with Crippen molar-refractivity contribution < 1.29 is 19.0 Å². The molecular formula is C21H20O4. The van der Waals surface area contributed by atoms with E-state index in [9.17, 15) is 4.79 Å². The Morgan fingerprint density at radius 1 is 0.960 bits per heavy atom. The highest BCUT2D eigenvalue weighted by molar-refractivity contribution is 5.90. The van der Waals surface area contributed by atoms with Crippen LogP contribution in [-0.2, 0) is 11.3 Å². The van der Waals surface area contributed by atoms with E-state index >= 15 is 0 Å². The summed E-state index contributed by atoms with van der Waals surface area (Å²) < 4.78 is 16.3. The second-order valence-corrected chi connectivity index (χ2v) is 5.51. The van der Waals surface area contributed by atoms with Gasteiger partial charge in [-0.2, -0.15) is 0 Å². The van der Waals surface area contributed by atoms with E-state index in [0.717, 1.165) is 16.3 Å². The summed E-state index contributed by atoms with van der Waals surface area (Å²) in [6.45, 7) is 2.49. The Morgan fingerprint density at radius 2 is 1.76 bits per heavy atom. The predicted octanol–water partition coefficient (Wildman–Crippen LogP) is 4.60. The molecule has 0 radical (unpaired) electrons.